The van der Waals surface area contributed by atoms with Crippen LogP contribution < -0.4 is 25.0 Å². The summed E-state index contributed by atoms with van der Waals surface area (Å²) in [6, 6.07) is 16.2. The van der Waals surface area contributed by atoms with Gasteiger partial charge in [-0.1, -0.05) is 50.1 Å². The molecule has 0 radical (unpaired) electrons. The van der Waals surface area contributed by atoms with E-state index in [0.717, 1.165) is 17.7 Å². The van der Waals surface area contributed by atoms with Crippen LogP contribution in [0.1, 0.15) is 62.1 Å². The normalized spacial score (nSPS) is 14.0. The Labute approximate surface area is 243 Å². The van der Waals surface area contributed by atoms with Gasteiger partial charge in [0.05, 0.1) is 24.5 Å². The first kappa shape index (κ1) is 29.7. The molecule has 2 heterocycles. The summed E-state index contributed by atoms with van der Waals surface area (Å²) in [6.07, 6.45) is 1.42. The Morgan fingerprint density at radius 3 is 2.54 bits per heavy atom. The van der Waals surface area contributed by atoms with Gasteiger partial charge in [0.2, 0.25) is 6.79 Å². The van der Waals surface area contributed by atoms with Gasteiger partial charge in [0.25, 0.3) is 0 Å². The van der Waals surface area contributed by atoms with Crippen molar-refractivity contribution in [1.82, 2.24) is 10.6 Å². The fraction of sp³-hybridized carbons (Fsp3) is 0.367. The van der Waals surface area contributed by atoms with Crippen molar-refractivity contribution in [3.63, 3.8) is 0 Å². The molecule has 0 saturated heterocycles. The highest BCUT2D eigenvalue weighted by Crippen LogP contribution is 2.35. The second-order valence-electron chi connectivity index (χ2n) is 9.69. The molecule has 0 saturated carbocycles. The number of nitrogens with zero attached hydrogens (tertiary/aromatic N) is 1. The average molecular weight is 582 g/mol. The van der Waals surface area contributed by atoms with Gasteiger partial charge in [-0.15, -0.1) is 11.3 Å². The van der Waals surface area contributed by atoms with Crippen molar-refractivity contribution in [2.75, 3.05) is 18.3 Å². The maximum absolute atomic E-state index is 13.4. The Morgan fingerprint density at radius 1 is 1.05 bits per heavy atom. The number of unbranched alkanes of at least 4 members (excludes halogenated alkanes) is 1. The van der Waals surface area contributed by atoms with E-state index in [0.29, 0.717) is 29.2 Å². The second kappa shape index (κ2) is 14.4. The van der Waals surface area contributed by atoms with Gasteiger partial charge in [-0.2, -0.15) is 0 Å². The highest BCUT2D eigenvalue weighted by Gasteiger charge is 2.27. The lowest BCUT2D eigenvalue weighted by Crippen LogP contribution is -2.46. The number of ether oxygens (including phenoxy) is 3. The number of fused-ring (bicyclic) bond motifs is 1. The molecule has 0 bridgehead atoms. The first-order valence-electron chi connectivity index (χ1n) is 13.6. The first-order valence-corrected chi connectivity index (χ1v) is 14.5. The molecule has 1 aliphatic heterocycles. The van der Waals surface area contributed by atoms with E-state index in [2.05, 4.69) is 10.6 Å². The van der Waals surface area contributed by atoms with Crippen LogP contribution in [0.2, 0.25) is 0 Å². The van der Waals surface area contributed by atoms with Gasteiger partial charge >= 0.3 is 18.1 Å². The molecule has 0 spiro atoms. The Morgan fingerprint density at radius 2 is 1.83 bits per heavy atom. The van der Waals surface area contributed by atoms with Crippen LogP contribution in [0, 0.1) is 0 Å². The number of aliphatic carboxylic acids is 1. The third-order valence-corrected chi connectivity index (χ3v) is 7.75. The summed E-state index contributed by atoms with van der Waals surface area (Å²) in [5, 5.41) is 17.1. The molecule has 3 aromatic rings. The van der Waals surface area contributed by atoms with Gasteiger partial charge in [0.15, 0.2) is 11.5 Å². The summed E-state index contributed by atoms with van der Waals surface area (Å²) in [5.74, 6) is -0.00969. The number of thiophene rings is 1. The van der Waals surface area contributed by atoms with Crippen LogP contribution in [0.5, 0.6) is 11.5 Å². The molecule has 1 aromatic heterocycles. The number of carboxylic acids is 1. The maximum Gasteiger partial charge on any atom is 0.414 e. The Bertz CT molecular complexity index is 1300. The number of anilines is 1. The molecule has 218 valence electrons. The number of para-hydroxylation sites is 1. The number of carbonyl (C=O) groups is 3. The van der Waals surface area contributed by atoms with E-state index in [9.17, 15) is 19.5 Å². The van der Waals surface area contributed by atoms with E-state index in [1.807, 2.05) is 61.7 Å². The standard InChI is InChI=1S/C30H35N3O7S/c1-3-4-9-22(18-38-30(37)33(23-10-6-5-7-11-23)20(2)27-12-8-15-41-27)31-29(36)32-24(17-28(34)35)21-13-14-25-26(16-21)40-19-39-25/h5-8,10-16,20,22,24H,3-4,9,17-19H2,1-2H3,(H,34,35)(H2,31,32,36)/t20?,22-,24-/m0/s1. The number of carboxylic acid groups (broad SMARTS) is 1. The zero-order valence-corrected chi connectivity index (χ0v) is 23.9. The van der Waals surface area contributed by atoms with Crippen LogP contribution in [0.3, 0.4) is 0 Å². The molecule has 3 atom stereocenters. The molecule has 3 N–H and O–H groups in total. The number of benzene rings is 2. The van der Waals surface area contributed by atoms with E-state index in [1.54, 1.807) is 34.4 Å². The molecule has 4 rings (SSSR count). The molecular weight excluding hydrogens is 546 g/mol. The number of carbonyl (C=O) groups excluding carboxylic acids is 2. The van der Waals surface area contributed by atoms with Crippen LogP contribution in [-0.4, -0.2) is 42.6 Å². The smallest absolute Gasteiger partial charge is 0.414 e. The highest BCUT2D eigenvalue weighted by molar-refractivity contribution is 7.10. The van der Waals surface area contributed by atoms with Gasteiger partial charge in [0.1, 0.15) is 6.61 Å². The van der Waals surface area contributed by atoms with Gasteiger partial charge in [-0.25, -0.2) is 9.59 Å². The van der Waals surface area contributed by atoms with Crippen LogP contribution in [-0.2, 0) is 9.53 Å². The van der Waals surface area contributed by atoms with Crippen molar-refractivity contribution in [1.29, 1.82) is 0 Å². The van der Waals surface area contributed by atoms with Crippen molar-refractivity contribution < 1.29 is 33.7 Å². The minimum Gasteiger partial charge on any atom is -0.481 e. The van der Waals surface area contributed by atoms with E-state index >= 15 is 0 Å². The predicted molar refractivity (Wildman–Crippen MR) is 156 cm³/mol. The van der Waals surface area contributed by atoms with Crippen molar-refractivity contribution in [2.24, 2.45) is 0 Å². The minimum atomic E-state index is -1.06. The van der Waals surface area contributed by atoms with E-state index in [1.165, 1.54) is 0 Å². The zero-order chi connectivity index (χ0) is 29.2. The van der Waals surface area contributed by atoms with Crippen LogP contribution in [0.15, 0.2) is 66.0 Å². The molecule has 3 amide bonds. The molecule has 0 aliphatic carbocycles. The number of nitrogens with one attached hydrogen (secondary N) is 2. The zero-order valence-electron chi connectivity index (χ0n) is 23.1. The summed E-state index contributed by atoms with van der Waals surface area (Å²) in [7, 11) is 0. The highest BCUT2D eigenvalue weighted by atomic mass is 32.1. The lowest BCUT2D eigenvalue weighted by Gasteiger charge is -2.29. The predicted octanol–water partition coefficient (Wildman–Crippen LogP) is 6.26. The monoisotopic (exact) mass is 581 g/mol. The second-order valence-corrected chi connectivity index (χ2v) is 10.7. The topological polar surface area (TPSA) is 126 Å². The molecule has 0 fully saturated rings. The van der Waals surface area contributed by atoms with Crippen LogP contribution in [0.25, 0.3) is 0 Å². The van der Waals surface area contributed by atoms with Gasteiger partial charge in [-0.3, -0.25) is 9.69 Å². The Balaban J connectivity index is 1.43. The SMILES string of the molecule is CCCC[C@@H](COC(=O)N(c1ccccc1)C(C)c1cccs1)NC(=O)N[C@@H](CC(=O)O)c1ccc2c(c1)OCO2. The molecule has 41 heavy (non-hydrogen) atoms. The fourth-order valence-corrected chi connectivity index (χ4v) is 5.34. The maximum atomic E-state index is 13.4. The largest absolute Gasteiger partial charge is 0.481 e. The number of urea groups is 1. The summed E-state index contributed by atoms with van der Waals surface area (Å²) in [6.45, 7) is 4.02. The van der Waals surface area contributed by atoms with Gasteiger partial charge in [0, 0.05) is 10.6 Å². The number of hydrogen-bond acceptors (Lipinski definition) is 7. The fourth-order valence-electron chi connectivity index (χ4n) is 4.56. The van der Waals surface area contributed by atoms with Gasteiger partial charge < -0.3 is 30.0 Å². The van der Waals surface area contributed by atoms with Gasteiger partial charge in [-0.05, 0) is 54.6 Å². The van der Waals surface area contributed by atoms with E-state index < -0.39 is 30.2 Å². The summed E-state index contributed by atoms with van der Waals surface area (Å²) >= 11 is 1.56. The molecular formula is C30H35N3O7S. The third kappa shape index (κ3) is 8.14. The molecule has 1 unspecified atom stereocenters. The first-order chi connectivity index (χ1) is 19.9. The lowest BCUT2D eigenvalue weighted by atomic mass is 10.0. The lowest BCUT2D eigenvalue weighted by molar-refractivity contribution is -0.137. The van der Waals surface area contributed by atoms with Crippen molar-refractivity contribution in [3.8, 4) is 11.5 Å². The van der Waals surface area contributed by atoms with Crippen LogP contribution in [0.4, 0.5) is 15.3 Å². The average Bonchev–Trinajstić information content (AvgIpc) is 3.67. The van der Waals surface area contributed by atoms with Crippen molar-refractivity contribution in [3.05, 3.63) is 76.5 Å². The van der Waals surface area contributed by atoms with Crippen molar-refractivity contribution in [2.45, 2.75) is 57.7 Å². The summed E-state index contributed by atoms with van der Waals surface area (Å²) < 4.78 is 16.5. The minimum absolute atomic E-state index is 0.0413. The number of rotatable bonds is 13. The Hall–Kier alpha value is -4.25. The molecule has 2 aromatic carbocycles. The third-order valence-electron chi connectivity index (χ3n) is 6.71. The molecule has 1 aliphatic rings. The molecule has 10 nitrogen and oxygen atoms in total. The number of amides is 3. The molecule has 11 heteroatoms. The van der Waals surface area contributed by atoms with E-state index in [-0.39, 0.29) is 25.9 Å². The Kier molecular flexibility index (Phi) is 10.4. The van der Waals surface area contributed by atoms with E-state index in [4.69, 9.17) is 14.2 Å². The van der Waals surface area contributed by atoms with Crippen molar-refractivity contribution >= 4 is 35.1 Å². The van der Waals surface area contributed by atoms with Crippen LogP contribution >= 0.6 is 11.3 Å². The summed E-state index contributed by atoms with van der Waals surface area (Å²) in [5.41, 5.74) is 1.28. The quantitative estimate of drug-likeness (QED) is 0.218. The number of hydrogen-bond donors (Lipinski definition) is 3. The summed E-state index contributed by atoms with van der Waals surface area (Å²) in [4.78, 5) is 40.7.